The van der Waals surface area contributed by atoms with Crippen molar-refractivity contribution < 1.29 is 24.4 Å². The first-order valence-electron chi connectivity index (χ1n) is 13.3. The van der Waals surface area contributed by atoms with Gasteiger partial charge >= 0.3 is 12.0 Å². The first kappa shape index (κ1) is 28.3. The van der Waals surface area contributed by atoms with Gasteiger partial charge in [0.25, 0.3) is 11.6 Å². The largest absolute Gasteiger partial charge is 0.481 e. The highest BCUT2D eigenvalue weighted by molar-refractivity contribution is 5.94. The number of aliphatic carboxylic acids is 1. The van der Waals surface area contributed by atoms with Crippen molar-refractivity contribution in [3.05, 3.63) is 105 Å². The topological polar surface area (TPSA) is 151 Å². The van der Waals surface area contributed by atoms with Crippen molar-refractivity contribution in [1.29, 1.82) is 0 Å². The Morgan fingerprint density at radius 3 is 2.20 bits per heavy atom. The summed E-state index contributed by atoms with van der Waals surface area (Å²) in [6.45, 7) is 0.0191. The van der Waals surface area contributed by atoms with Crippen LogP contribution in [0.15, 0.2) is 72.8 Å². The van der Waals surface area contributed by atoms with Crippen molar-refractivity contribution in [2.24, 2.45) is 0 Å². The molecule has 1 aliphatic rings. The first-order valence-corrected chi connectivity index (χ1v) is 13.3. The van der Waals surface area contributed by atoms with Gasteiger partial charge in [-0.15, -0.1) is 0 Å². The summed E-state index contributed by atoms with van der Waals surface area (Å²) in [5.74, 6) is -0.856. The van der Waals surface area contributed by atoms with E-state index in [9.17, 15) is 24.5 Å². The Balaban J connectivity index is 1.54. The molecule has 3 aromatic carbocycles. The molecule has 3 aromatic rings. The van der Waals surface area contributed by atoms with E-state index in [1.54, 1.807) is 30.3 Å². The second-order valence-electron chi connectivity index (χ2n) is 9.86. The lowest BCUT2D eigenvalue weighted by molar-refractivity contribution is -0.384. The van der Waals surface area contributed by atoms with Crippen molar-refractivity contribution in [3.8, 4) is 0 Å². The number of carboxylic acid groups (broad SMARTS) is 1. The minimum Gasteiger partial charge on any atom is -0.481 e. The minimum atomic E-state index is -0.998. The van der Waals surface area contributed by atoms with E-state index in [4.69, 9.17) is 5.11 Å². The van der Waals surface area contributed by atoms with Gasteiger partial charge in [0.1, 0.15) is 0 Å². The summed E-state index contributed by atoms with van der Waals surface area (Å²) in [4.78, 5) is 46.7. The summed E-state index contributed by atoms with van der Waals surface area (Å²) < 4.78 is 0. The third-order valence-electron chi connectivity index (χ3n) is 7.07. The molecule has 0 radical (unpaired) electrons. The number of anilines is 1. The van der Waals surface area contributed by atoms with Gasteiger partial charge in [-0.3, -0.25) is 19.7 Å². The molecule has 0 aliphatic heterocycles. The molecule has 1 aliphatic carbocycles. The number of nitro groups is 1. The number of urea groups is 1. The Morgan fingerprint density at radius 1 is 0.925 bits per heavy atom. The van der Waals surface area contributed by atoms with Gasteiger partial charge in [-0.2, -0.15) is 0 Å². The molecule has 10 heteroatoms. The van der Waals surface area contributed by atoms with E-state index in [0.717, 1.165) is 11.1 Å². The second-order valence-corrected chi connectivity index (χ2v) is 9.86. The summed E-state index contributed by atoms with van der Waals surface area (Å²) in [7, 11) is 0. The average Bonchev–Trinajstić information content (AvgIpc) is 2.96. The van der Waals surface area contributed by atoms with Crippen LogP contribution in [0.1, 0.15) is 77.5 Å². The molecular formula is C30H32N4O6. The van der Waals surface area contributed by atoms with Gasteiger partial charge in [0.05, 0.1) is 17.4 Å². The third-order valence-corrected chi connectivity index (χ3v) is 7.07. The fourth-order valence-corrected chi connectivity index (χ4v) is 4.96. The maximum absolute atomic E-state index is 13.0. The maximum Gasteiger partial charge on any atom is 0.319 e. The summed E-state index contributed by atoms with van der Waals surface area (Å²) in [5.41, 5.74) is 3.35. The van der Waals surface area contributed by atoms with Crippen molar-refractivity contribution in [2.45, 2.75) is 50.5 Å². The van der Waals surface area contributed by atoms with Gasteiger partial charge < -0.3 is 21.1 Å². The quantitative estimate of drug-likeness (QED) is 0.188. The van der Waals surface area contributed by atoms with E-state index in [0.29, 0.717) is 11.5 Å². The molecule has 1 fully saturated rings. The number of carboxylic acids is 1. The molecule has 3 amide bonds. The molecule has 0 saturated heterocycles. The molecule has 1 unspecified atom stereocenters. The van der Waals surface area contributed by atoms with Crippen LogP contribution < -0.4 is 16.0 Å². The van der Waals surface area contributed by atoms with Crippen LogP contribution in [-0.4, -0.2) is 34.5 Å². The molecule has 4 rings (SSSR count). The Bertz CT molecular complexity index is 1350. The Kier molecular flexibility index (Phi) is 9.45. The zero-order chi connectivity index (χ0) is 28.5. The highest BCUT2D eigenvalue weighted by Gasteiger charge is 2.20. The first-order chi connectivity index (χ1) is 19.3. The van der Waals surface area contributed by atoms with Crippen LogP contribution in [0.25, 0.3) is 0 Å². The number of nitrogens with zero attached hydrogens (tertiary/aromatic N) is 1. The number of hydrogen-bond acceptors (Lipinski definition) is 5. The molecule has 1 atom stereocenters. The van der Waals surface area contributed by atoms with E-state index in [1.807, 2.05) is 12.1 Å². The van der Waals surface area contributed by atoms with Gasteiger partial charge in [-0.1, -0.05) is 61.7 Å². The van der Waals surface area contributed by atoms with Crippen LogP contribution in [-0.2, 0) is 4.79 Å². The van der Waals surface area contributed by atoms with Crippen LogP contribution in [0.3, 0.4) is 0 Å². The summed E-state index contributed by atoms with van der Waals surface area (Å²) >= 11 is 0. The average molecular weight is 545 g/mol. The van der Waals surface area contributed by atoms with Gasteiger partial charge in [0.15, 0.2) is 0 Å². The summed E-state index contributed by atoms with van der Waals surface area (Å²) in [6, 6.07) is 19.5. The van der Waals surface area contributed by atoms with E-state index in [1.165, 1.54) is 55.9 Å². The number of benzene rings is 3. The van der Waals surface area contributed by atoms with E-state index in [-0.39, 0.29) is 24.3 Å². The van der Waals surface area contributed by atoms with Crippen LogP contribution in [0, 0.1) is 10.1 Å². The molecule has 10 nitrogen and oxygen atoms in total. The van der Waals surface area contributed by atoms with Crippen LogP contribution in [0.4, 0.5) is 16.2 Å². The van der Waals surface area contributed by atoms with Crippen LogP contribution in [0.5, 0.6) is 0 Å². The Labute approximate surface area is 232 Å². The predicted octanol–water partition coefficient (Wildman–Crippen LogP) is 5.76. The molecule has 1 saturated carbocycles. The van der Waals surface area contributed by atoms with Crippen LogP contribution >= 0.6 is 0 Å². The van der Waals surface area contributed by atoms with E-state index in [2.05, 4.69) is 28.1 Å². The third kappa shape index (κ3) is 7.66. The highest BCUT2D eigenvalue weighted by Crippen LogP contribution is 2.33. The van der Waals surface area contributed by atoms with Crippen molar-refractivity contribution in [2.75, 3.05) is 11.9 Å². The monoisotopic (exact) mass is 544 g/mol. The minimum absolute atomic E-state index is 0.0191. The zero-order valence-corrected chi connectivity index (χ0v) is 22.0. The lowest BCUT2D eigenvalue weighted by atomic mass is 9.83. The zero-order valence-electron chi connectivity index (χ0n) is 22.0. The molecular weight excluding hydrogens is 512 g/mol. The van der Waals surface area contributed by atoms with Gasteiger partial charge in [-0.05, 0) is 53.6 Å². The molecule has 40 heavy (non-hydrogen) atoms. The van der Waals surface area contributed by atoms with Gasteiger partial charge in [0, 0.05) is 29.9 Å². The number of carbonyl (C=O) groups is 3. The summed E-state index contributed by atoms with van der Waals surface area (Å²) in [6.07, 6.45) is 5.89. The fourth-order valence-electron chi connectivity index (χ4n) is 4.96. The van der Waals surface area contributed by atoms with Gasteiger partial charge in [-0.25, -0.2) is 4.79 Å². The van der Waals surface area contributed by atoms with E-state index >= 15 is 0 Å². The molecule has 0 bridgehead atoms. The second kappa shape index (κ2) is 13.4. The SMILES string of the molecule is O=C(O)CCNC(=O)c1ccc(C(NC(=O)Nc2cccc([N+](=O)[O-])c2)c2ccc(C3CCCCC3)cc2)cc1. The molecule has 208 valence electrons. The highest BCUT2D eigenvalue weighted by atomic mass is 16.6. The summed E-state index contributed by atoms with van der Waals surface area (Å²) in [5, 5.41) is 28.1. The predicted molar refractivity (Wildman–Crippen MR) is 150 cm³/mol. The number of rotatable bonds is 10. The normalized spacial score (nSPS) is 14.1. The maximum atomic E-state index is 13.0. The number of hydrogen-bond donors (Lipinski definition) is 4. The number of non-ortho nitro benzene ring substituents is 1. The van der Waals surface area contributed by atoms with Crippen molar-refractivity contribution >= 4 is 29.3 Å². The number of carbonyl (C=O) groups excluding carboxylic acids is 2. The smallest absolute Gasteiger partial charge is 0.319 e. The molecule has 0 heterocycles. The van der Waals surface area contributed by atoms with E-state index < -0.39 is 28.9 Å². The lowest BCUT2D eigenvalue weighted by Gasteiger charge is -2.24. The van der Waals surface area contributed by atoms with Gasteiger partial charge in [0.2, 0.25) is 0 Å². The van der Waals surface area contributed by atoms with Crippen molar-refractivity contribution in [1.82, 2.24) is 10.6 Å². The Morgan fingerprint density at radius 2 is 1.57 bits per heavy atom. The van der Waals surface area contributed by atoms with Crippen molar-refractivity contribution in [3.63, 3.8) is 0 Å². The standard InChI is InChI=1S/C30H32N4O6/c35-27(36)17-18-31-29(37)24-15-13-23(14-16-24)28(22-11-9-21(10-12-22)20-5-2-1-3-6-20)33-30(38)32-25-7-4-8-26(19-25)34(39)40/h4,7-16,19-20,28H,1-3,5-6,17-18H2,(H,31,37)(H,35,36)(H2,32,33,38). The lowest BCUT2D eigenvalue weighted by Crippen LogP contribution is -2.33. The number of nitrogens with one attached hydrogen (secondary N) is 3. The van der Waals surface area contributed by atoms with Crippen LogP contribution in [0.2, 0.25) is 0 Å². The number of amides is 3. The fraction of sp³-hybridized carbons (Fsp3) is 0.300. The molecule has 0 aromatic heterocycles. The Hall–Kier alpha value is -4.73. The molecule has 4 N–H and O–H groups in total. The molecule has 0 spiro atoms. The number of nitro benzene ring substituents is 1.